The molecule has 13 nitrogen and oxygen atoms in total. The van der Waals surface area contributed by atoms with Crippen LogP contribution < -0.4 is 21.3 Å². The van der Waals surface area contributed by atoms with Crippen molar-refractivity contribution in [2.45, 2.75) is 26.3 Å². The molecule has 2 aromatic carbocycles. The van der Waals surface area contributed by atoms with E-state index in [0.29, 0.717) is 36.2 Å². The summed E-state index contributed by atoms with van der Waals surface area (Å²) in [4.78, 5) is 50.9. The van der Waals surface area contributed by atoms with Crippen molar-refractivity contribution >= 4 is 57.5 Å². The van der Waals surface area contributed by atoms with Crippen molar-refractivity contribution < 1.29 is 14.4 Å². The normalized spacial score (nSPS) is 11.8. The number of rotatable bonds is 13. The zero-order chi connectivity index (χ0) is 32.3. The second-order valence-corrected chi connectivity index (χ2v) is 10.6. The molecule has 0 aliphatic carbocycles. The van der Waals surface area contributed by atoms with Gasteiger partial charge in [-0.2, -0.15) is 15.2 Å². The van der Waals surface area contributed by atoms with Gasteiger partial charge in [0.2, 0.25) is 17.8 Å². The van der Waals surface area contributed by atoms with E-state index in [9.17, 15) is 14.4 Å². The van der Waals surface area contributed by atoms with Gasteiger partial charge in [0, 0.05) is 54.9 Å². The quantitative estimate of drug-likeness (QED) is 0.162. The summed E-state index contributed by atoms with van der Waals surface area (Å²) in [7, 11) is 5.38. The van der Waals surface area contributed by atoms with Crippen molar-refractivity contribution in [1.29, 1.82) is 0 Å². The van der Waals surface area contributed by atoms with Crippen LogP contribution in [0.4, 0.5) is 28.8 Å². The molecule has 0 aliphatic rings. The van der Waals surface area contributed by atoms with Crippen molar-refractivity contribution in [3.05, 3.63) is 78.6 Å². The molecular weight excluding hydrogens is 572 g/mol. The van der Waals surface area contributed by atoms with E-state index in [2.05, 4.69) is 41.4 Å². The Morgan fingerprint density at radius 3 is 2.51 bits per heavy atom. The van der Waals surface area contributed by atoms with Gasteiger partial charge in [-0.3, -0.25) is 14.4 Å². The van der Waals surface area contributed by atoms with E-state index in [0.717, 1.165) is 23.0 Å². The highest BCUT2D eigenvalue weighted by atomic mass is 16.2. The molecule has 3 amide bonds. The van der Waals surface area contributed by atoms with Crippen molar-refractivity contribution in [1.82, 2.24) is 30.0 Å². The Balaban J connectivity index is 1.43. The highest BCUT2D eigenvalue weighted by molar-refractivity contribution is 6.08. The van der Waals surface area contributed by atoms with Gasteiger partial charge < -0.3 is 31.1 Å². The molecule has 0 bridgehead atoms. The number of nitrogens with one attached hydrogen (secondary N) is 4. The first-order chi connectivity index (χ1) is 21.6. The second-order valence-electron chi connectivity index (χ2n) is 10.6. The van der Waals surface area contributed by atoms with Crippen LogP contribution in [0.15, 0.2) is 73.1 Å². The van der Waals surface area contributed by atoms with Gasteiger partial charge in [0.15, 0.2) is 0 Å². The SMILES string of the molecule is CCCNc1nc(Nc2ccc3nnccc3c2)ncc1C(=O)Nc1cccc(NC(=O)C(C)N(C)C(=O)C=CCN(C)C)c1. The van der Waals surface area contributed by atoms with E-state index in [1.165, 1.54) is 17.2 Å². The van der Waals surface area contributed by atoms with Gasteiger partial charge in [-0.1, -0.05) is 19.1 Å². The van der Waals surface area contributed by atoms with Crippen LogP contribution in [0.5, 0.6) is 0 Å². The molecule has 0 spiro atoms. The van der Waals surface area contributed by atoms with Crippen LogP contribution in [0.3, 0.4) is 0 Å². The summed E-state index contributed by atoms with van der Waals surface area (Å²) in [5.41, 5.74) is 2.72. The Kier molecular flexibility index (Phi) is 11.1. The number of hydrogen-bond acceptors (Lipinski definition) is 10. The molecule has 4 aromatic rings. The lowest BCUT2D eigenvalue weighted by atomic mass is 10.2. The lowest BCUT2D eigenvalue weighted by molar-refractivity contribution is -0.132. The van der Waals surface area contributed by atoms with Crippen LogP contribution in [0.1, 0.15) is 30.6 Å². The molecule has 0 aliphatic heterocycles. The second kappa shape index (κ2) is 15.3. The molecule has 1 unspecified atom stereocenters. The van der Waals surface area contributed by atoms with Crippen molar-refractivity contribution in [2.75, 3.05) is 55.5 Å². The maximum atomic E-state index is 13.3. The fourth-order valence-electron chi connectivity index (χ4n) is 4.15. The minimum Gasteiger partial charge on any atom is -0.369 e. The van der Waals surface area contributed by atoms with Gasteiger partial charge in [0.05, 0.1) is 11.7 Å². The first-order valence-corrected chi connectivity index (χ1v) is 14.5. The highest BCUT2D eigenvalue weighted by Gasteiger charge is 2.21. The molecule has 1 atom stereocenters. The average molecular weight is 611 g/mol. The first-order valence-electron chi connectivity index (χ1n) is 14.5. The molecular formula is C32H38N10O3. The molecule has 4 N–H and O–H groups in total. The number of carbonyl (C=O) groups is 3. The third kappa shape index (κ3) is 9.03. The molecule has 0 fully saturated rings. The Hall–Kier alpha value is -5.43. The van der Waals surface area contributed by atoms with E-state index in [1.807, 2.05) is 50.2 Å². The summed E-state index contributed by atoms with van der Waals surface area (Å²) in [6.07, 6.45) is 7.11. The molecule has 2 heterocycles. The number of anilines is 5. The van der Waals surface area contributed by atoms with Crippen LogP contribution in [0.25, 0.3) is 10.9 Å². The molecule has 2 aromatic heterocycles. The number of fused-ring (bicyclic) bond motifs is 1. The fraction of sp³-hybridized carbons (Fsp3) is 0.281. The van der Waals surface area contributed by atoms with Crippen LogP contribution in [-0.2, 0) is 9.59 Å². The predicted molar refractivity (Wildman–Crippen MR) is 177 cm³/mol. The zero-order valence-electron chi connectivity index (χ0n) is 26.0. The summed E-state index contributed by atoms with van der Waals surface area (Å²) < 4.78 is 0. The number of carbonyl (C=O) groups excluding carboxylic acids is 3. The van der Waals surface area contributed by atoms with E-state index in [1.54, 1.807) is 50.5 Å². The van der Waals surface area contributed by atoms with Gasteiger partial charge in [-0.15, -0.1) is 0 Å². The molecule has 0 saturated carbocycles. The van der Waals surface area contributed by atoms with Gasteiger partial charge >= 0.3 is 0 Å². The van der Waals surface area contributed by atoms with E-state index >= 15 is 0 Å². The lowest BCUT2D eigenvalue weighted by Gasteiger charge is -2.23. The summed E-state index contributed by atoms with van der Waals surface area (Å²) in [5.74, 6) is -0.358. The highest BCUT2D eigenvalue weighted by Crippen LogP contribution is 2.23. The molecule has 4 rings (SSSR count). The maximum absolute atomic E-state index is 13.3. The number of hydrogen-bond donors (Lipinski definition) is 4. The fourth-order valence-corrected chi connectivity index (χ4v) is 4.15. The van der Waals surface area contributed by atoms with E-state index in [-0.39, 0.29) is 17.4 Å². The Labute approximate surface area is 262 Å². The zero-order valence-corrected chi connectivity index (χ0v) is 26.0. The third-order valence-electron chi connectivity index (χ3n) is 6.77. The minimum atomic E-state index is -0.723. The Morgan fingerprint density at radius 1 is 0.978 bits per heavy atom. The number of amides is 3. The van der Waals surface area contributed by atoms with Crippen LogP contribution in [-0.4, -0.2) is 88.0 Å². The lowest BCUT2D eigenvalue weighted by Crippen LogP contribution is -2.42. The molecule has 13 heteroatoms. The molecule has 45 heavy (non-hydrogen) atoms. The smallest absolute Gasteiger partial charge is 0.260 e. The summed E-state index contributed by atoms with van der Waals surface area (Å²) >= 11 is 0. The van der Waals surface area contributed by atoms with Gasteiger partial charge in [0.25, 0.3) is 5.91 Å². The molecule has 234 valence electrons. The van der Waals surface area contributed by atoms with Gasteiger partial charge in [0.1, 0.15) is 17.4 Å². The number of nitrogens with zero attached hydrogens (tertiary/aromatic N) is 6. The van der Waals surface area contributed by atoms with Crippen LogP contribution in [0.2, 0.25) is 0 Å². The van der Waals surface area contributed by atoms with E-state index < -0.39 is 11.9 Å². The summed E-state index contributed by atoms with van der Waals surface area (Å²) in [5, 5.41) is 21.0. The minimum absolute atomic E-state index is 0.258. The monoisotopic (exact) mass is 610 g/mol. The standard InChI is InChI=1S/C32H38N10O3/c1-6-15-33-29-26(20-34-32(39-29)38-25-12-13-27-22(18-25)14-16-35-40-27)31(45)37-24-10-7-9-23(19-24)36-30(44)21(2)42(5)28(43)11-8-17-41(3)4/h7-14,16,18-21H,6,15,17H2,1-5H3,(H,36,44)(H,37,45)(H2,33,34,38,39). The Morgan fingerprint density at radius 2 is 1.76 bits per heavy atom. The molecule has 0 radical (unpaired) electrons. The number of aromatic nitrogens is 4. The summed E-state index contributed by atoms with van der Waals surface area (Å²) in [6.45, 7) is 4.88. The van der Waals surface area contributed by atoms with Crippen LogP contribution in [0, 0.1) is 0 Å². The van der Waals surface area contributed by atoms with E-state index in [4.69, 9.17) is 0 Å². The van der Waals surface area contributed by atoms with Crippen molar-refractivity contribution in [3.8, 4) is 0 Å². The van der Waals surface area contributed by atoms with Crippen LogP contribution >= 0.6 is 0 Å². The van der Waals surface area contributed by atoms with Crippen molar-refractivity contribution in [2.24, 2.45) is 0 Å². The number of benzene rings is 2. The third-order valence-corrected chi connectivity index (χ3v) is 6.77. The summed E-state index contributed by atoms with van der Waals surface area (Å²) in [6, 6.07) is 13.5. The predicted octanol–water partition coefficient (Wildman–Crippen LogP) is 4.14. The van der Waals surface area contributed by atoms with Gasteiger partial charge in [-0.05, 0) is 69.9 Å². The topological polar surface area (TPSA) is 157 Å². The average Bonchev–Trinajstić information content (AvgIpc) is 3.03. The van der Waals surface area contributed by atoms with Crippen molar-refractivity contribution in [3.63, 3.8) is 0 Å². The Bertz CT molecular complexity index is 1690. The molecule has 0 saturated heterocycles. The maximum Gasteiger partial charge on any atom is 0.260 e. The first kappa shape index (κ1) is 32.5. The largest absolute Gasteiger partial charge is 0.369 e. The van der Waals surface area contributed by atoms with Gasteiger partial charge in [-0.25, -0.2) is 4.98 Å². The number of likely N-dealkylation sites (N-methyl/N-ethyl adjacent to an activating group) is 2.